The van der Waals surface area contributed by atoms with Gasteiger partial charge in [-0.15, -0.1) is 0 Å². The Morgan fingerprint density at radius 2 is 1.92 bits per heavy atom. The largest absolute Gasteiger partial charge is 0.332 e. The first-order valence-electron chi connectivity index (χ1n) is 8.41. The first-order valence-corrected chi connectivity index (χ1v) is 10.2. The molecule has 4 nitrogen and oxygen atoms in total. The van der Waals surface area contributed by atoms with Gasteiger partial charge in [-0.25, -0.2) is 12.8 Å². The van der Waals surface area contributed by atoms with Crippen molar-refractivity contribution in [3.8, 4) is 0 Å². The van der Waals surface area contributed by atoms with Crippen LogP contribution in [0.3, 0.4) is 0 Å². The van der Waals surface area contributed by atoms with Crippen molar-refractivity contribution in [1.29, 1.82) is 0 Å². The number of amides is 1. The molecule has 1 aliphatic carbocycles. The molecule has 24 heavy (non-hydrogen) atoms. The van der Waals surface area contributed by atoms with Crippen LogP contribution in [0.25, 0.3) is 6.08 Å². The molecule has 1 saturated carbocycles. The van der Waals surface area contributed by atoms with E-state index in [-0.39, 0.29) is 35.3 Å². The van der Waals surface area contributed by atoms with E-state index < -0.39 is 9.84 Å². The number of benzene rings is 1. The number of carbonyl (C=O) groups excluding carboxylic acids is 1. The molecule has 1 amide bonds. The van der Waals surface area contributed by atoms with Gasteiger partial charge in [-0.2, -0.15) is 0 Å². The van der Waals surface area contributed by atoms with Crippen molar-refractivity contribution in [2.24, 2.45) is 0 Å². The molecular weight excluding hydrogens is 329 g/mol. The Kier molecular flexibility index (Phi) is 5.04. The standard InChI is InChI=1S/C18H22FNO3S/c19-15-5-3-4-14(12-15)8-9-18(21)20(16-6-1-2-7-16)17-10-11-24(22,23)13-17/h3-5,8-9,12,16-17H,1-2,6-7,10-11,13H2. The van der Waals surface area contributed by atoms with Crippen LogP contribution in [0.4, 0.5) is 4.39 Å². The summed E-state index contributed by atoms with van der Waals surface area (Å²) in [6.07, 6.45) is 7.54. The minimum atomic E-state index is -3.04. The Morgan fingerprint density at radius 3 is 2.54 bits per heavy atom. The molecule has 1 aromatic rings. The van der Waals surface area contributed by atoms with Gasteiger partial charge in [0.15, 0.2) is 9.84 Å². The third-order valence-corrected chi connectivity index (χ3v) is 6.59. The number of rotatable bonds is 4. The normalized spacial score (nSPS) is 23.8. The third kappa shape index (κ3) is 4.04. The summed E-state index contributed by atoms with van der Waals surface area (Å²) in [6, 6.07) is 5.93. The fraction of sp³-hybridized carbons (Fsp3) is 0.500. The average molecular weight is 351 g/mol. The minimum absolute atomic E-state index is 0.0586. The van der Waals surface area contributed by atoms with E-state index in [0.29, 0.717) is 12.0 Å². The molecule has 1 heterocycles. The molecule has 0 bridgehead atoms. The zero-order valence-corrected chi connectivity index (χ0v) is 14.3. The predicted octanol–water partition coefficient (Wildman–Crippen LogP) is 2.80. The lowest BCUT2D eigenvalue weighted by molar-refractivity contribution is -0.130. The van der Waals surface area contributed by atoms with Gasteiger partial charge in [0.05, 0.1) is 11.5 Å². The lowest BCUT2D eigenvalue weighted by Gasteiger charge is -2.33. The summed E-state index contributed by atoms with van der Waals surface area (Å²) in [5.74, 6) is -0.308. The van der Waals surface area contributed by atoms with E-state index in [4.69, 9.17) is 0 Å². The molecule has 0 N–H and O–H groups in total. The molecule has 0 spiro atoms. The maximum Gasteiger partial charge on any atom is 0.247 e. The van der Waals surface area contributed by atoms with E-state index in [1.165, 1.54) is 18.2 Å². The van der Waals surface area contributed by atoms with Gasteiger partial charge in [0, 0.05) is 18.2 Å². The van der Waals surface area contributed by atoms with E-state index in [9.17, 15) is 17.6 Å². The summed E-state index contributed by atoms with van der Waals surface area (Å²) in [4.78, 5) is 14.5. The predicted molar refractivity (Wildman–Crippen MR) is 91.6 cm³/mol. The molecule has 1 unspecified atom stereocenters. The Hall–Kier alpha value is -1.69. The highest BCUT2D eigenvalue weighted by Crippen LogP contribution is 2.29. The number of carbonyl (C=O) groups is 1. The average Bonchev–Trinajstić information content (AvgIpc) is 3.16. The lowest BCUT2D eigenvalue weighted by atomic mass is 10.1. The number of hydrogen-bond acceptors (Lipinski definition) is 3. The summed E-state index contributed by atoms with van der Waals surface area (Å²) in [5.41, 5.74) is 0.619. The number of sulfone groups is 1. The molecule has 2 fully saturated rings. The molecule has 0 aromatic heterocycles. The quantitative estimate of drug-likeness (QED) is 0.784. The molecule has 0 radical (unpaired) electrons. The number of nitrogens with zero attached hydrogens (tertiary/aromatic N) is 1. The molecule has 3 rings (SSSR count). The second kappa shape index (κ2) is 7.05. The van der Waals surface area contributed by atoms with Crippen molar-refractivity contribution in [2.45, 2.75) is 44.2 Å². The van der Waals surface area contributed by atoms with Crippen LogP contribution in [-0.2, 0) is 14.6 Å². The van der Waals surface area contributed by atoms with Crippen LogP contribution in [0.1, 0.15) is 37.7 Å². The summed E-state index contributed by atoms with van der Waals surface area (Å²) in [7, 11) is -3.04. The van der Waals surface area contributed by atoms with E-state index in [1.54, 1.807) is 23.1 Å². The molecule has 1 atom stereocenters. The second-order valence-corrected chi connectivity index (χ2v) is 8.86. The van der Waals surface area contributed by atoms with Crippen molar-refractivity contribution >= 4 is 21.8 Å². The molecule has 6 heteroatoms. The fourth-order valence-electron chi connectivity index (χ4n) is 3.70. The van der Waals surface area contributed by atoms with Gasteiger partial charge in [-0.05, 0) is 43.0 Å². The first kappa shape index (κ1) is 17.1. The van der Waals surface area contributed by atoms with Gasteiger partial charge in [0.25, 0.3) is 0 Å². The maximum absolute atomic E-state index is 13.2. The Bertz CT molecular complexity index is 738. The van der Waals surface area contributed by atoms with Crippen molar-refractivity contribution < 1.29 is 17.6 Å². The Morgan fingerprint density at radius 1 is 1.17 bits per heavy atom. The topological polar surface area (TPSA) is 54.5 Å². The van der Waals surface area contributed by atoms with Gasteiger partial charge in [-0.3, -0.25) is 4.79 Å². The zero-order chi connectivity index (χ0) is 17.2. The molecule has 1 saturated heterocycles. The monoisotopic (exact) mass is 351 g/mol. The van der Waals surface area contributed by atoms with E-state index >= 15 is 0 Å². The maximum atomic E-state index is 13.2. The van der Waals surface area contributed by atoms with E-state index in [0.717, 1.165) is 25.7 Å². The van der Waals surface area contributed by atoms with Crippen LogP contribution in [0.2, 0.25) is 0 Å². The highest BCUT2D eigenvalue weighted by Gasteiger charge is 2.38. The van der Waals surface area contributed by atoms with Gasteiger partial charge in [0.2, 0.25) is 5.91 Å². The van der Waals surface area contributed by atoms with Crippen molar-refractivity contribution in [1.82, 2.24) is 4.90 Å². The van der Waals surface area contributed by atoms with Crippen LogP contribution < -0.4 is 0 Å². The van der Waals surface area contributed by atoms with E-state index in [1.807, 2.05) is 0 Å². The summed E-state index contributed by atoms with van der Waals surface area (Å²) in [6.45, 7) is 0. The van der Waals surface area contributed by atoms with Crippen molar-refractivity contribution in [2.75, 3.05) is 11.5 Å². The summed E-state index contributed by atoms with van der Waals surface area (Å²) in [5, 5.41) is 0. The van der Waals surface area contributed by atoms with Gasteiger partial charge in [-0.1, -0.05) is 25.0 Å². The van der Waals surface area contributed by atoms with Gasteiger partial charge >= 0.3 is 0 Å². The highest BCUT2D eigenvalue weighted by molar-refractivity contribution is 7.91. The van der Waals surface area contributed by atoms with Crippen molar-refractivity contribution in [3.63, 3.8) is 0 Å². The molecule has 1 aliphatic heterocycles. The molecule has 2 aliphatic rings. The number of halogens is 1. The Labute approximate surface area is 142 Å². The lowest BCUT2D eigenvalue weighted by Crippen LogP contribution is -2.46. The SMILES string of the molecule is O=C(C=Cc1cccc(F)c1)N(C1CCCC1)C1CCS(=O)(=O)C1. The van der Waals surface area contributed by atoms with Crippen LogP contribution in [0.15, 0.2) is 30.3 Å². The smallest absolute Gasteiger partial charge is 0.247 e. The van der Waals surface area contributed by atoms with Crippen molar-refractivity contribution in [3.05, 3.63) is 41.7 Å². The second-order valence-electron chi connectivity index (χ2n) is 6.63. The first-order chi connectivity index (χ1) is 11.4. The van der Waals surface area contributed by atoms with Crippen LogP contribution in [0, 0.1) is 5.82 Å². The molecule has 1 aromatic carbocycles. The van der Waals surface area contributed by atoms with Gasteiger partial charge < -0.3 is 4.90 Å². The van der Waals surface area contributed by atoms with Gasteiger partial charge in [0.1, 0.15) is 5.82 Å². The minimum Gasteiger partial charge on any atom is -0.332 e. The molecule has 130 valence electrons. The molecular formula is C18H22FNO3S. The fourth-order valence-corrected chi connectivity index (χ4v) is 5.41. The highest BCUT2D eigenvalue weighted by atomic mass is 32.2. The summed E-state index contributed by atoms with van der Waals surface area (Å²) < 4.78 is 36.8. The Balaban J connectivity index is 1.78. The zero-order valence-electron chi connectivity index (χ0n) is 13.5. The van der Waals surface area contributed by atoms with Crippen LogP contribution in [0.5, 0.6) is 0 Å². The summed E-state index contributed by atoms with van der Waals surface area (Å²) >= 11 is 0. The third-order valence-electron chi connectivity index (χ3n) is 4.84. The van der Waals surface area contributed by atoms with Crippen LogP contribution >= 0.6 is 0 Å². The number of hydrogen-bond donors (Lipinski definition) is 0. The van der Waals surface area contributed by atoms with Crippen LogP contribution in [-0.4, -0.2) is 42.8 Å². The van der Waals surface area contributed by atoms with E-state index in [2.05, 4.69) is 0 Å².